The molecule has 0 saturated heterocycles. The first kappa shape index (κ1) is 26.4. The molecule has 2 heterocycles. The standard InChI is InChI=1S/C35H15F3N6/c36-35(37,38)27-15-20(16-39)9-11-30(27)43-29-8-4-2-6-26(29)32-31(43)12-10-25-24-5-1-3-7-28(24)44(34(25)32)33-22(18-41)13-21(17-40)14-23(33)19-42/h1-15H. The minimum Gasteiger partial charge on any atom is -0.309 e. The van der Waals surface area contributed by atoms with E-state index in [-0.39, 0.29) is 33.6 Å². The molecule has 0 aliphatic carbocycles. The number of fused-ring (bicyclic) bond motifs is 7. The number of alkyl halides is 3. The highest BCUT2D eigenvalue weighted by atomic mass is 19.4. The highest BCUT2D eigenvalue weighted by molar-refractivity contribution is 6.26. The van der Waals surface area contributed by atoms with Crippen LogP contribution >= 0.6 is 0 Å². The molecule has 0 amide bonds. The van der Waals surface area contributed by atoms with Gasteiger partial charge in [-0.1, -0.05) is 42.5 Å². The Labute approximate surface area is 247 Å². The Hall–Kier alpha value is -6.55. The maximum absolute atomic E-state index is 14.5. The summed E-state index contributed by atoms with van der Waals surface area (Å²) in [6.07, 6.45) is -4.75. The second-order valence-electron chi connectivity index (χ2n) is 10.2. The zero-order chi connectivity index (χ0) is 30.7. The van der Waals surface area contributed by atoms with E-state index in [1.807, 2.05) is 42.5 Å². The van der Waals surface area contributed by atoms with Crippen molar-refractivity contribution in [3.63, 3.8) is 0 Å². The maximum atomic E-state index is 14.5. The first-order valence-corrected chi connectivity index (χ1v) is 13.3. The highest BCUT2D eigenvalue weighted by Crippen LogP contribution is 2.44. The molecule has 0 fully saturated rings. The van der Waals surface area contributed by atoms with Crippen LogP contribution < -0.4 is 0 Å². The highest BCUT2D eigenvalue weighted by Gasteiger charge is 2.35. The van der Waals surface area contributed by atoms with Gasteiger partial charge in [0.25, 0.3) is 0 Å². The lowest BCUT2D eigenvalue weighted by Gasteiger charge is -2.16. The van der Waals surface area contributed by atoms with Crippen LogP contribution in [0.3, 0.4) is 0 Å². The van der Waals surface area contributed by atoms with Crippen LogP contribution in [0.5, 0.6) is 0 Å². The average molecular weight is 577 g/mol. The predicted octanol–water partition coefficient (Wildman–Crippen LogP) is 8.39. The fourth-order valence-electron chi connectivity index (χ4n) is 6.14. The van der Waals surface area contributed by atoms with Crippen molar-refractivity contribution in [2.75, 3.05) is 0 Å². The third-order valence-electron chi connectivity index (χ3n) is 7.85. The van der Waals surface area contributed by atoms with Gasteiger partial charge in [-0.2, -0.15) is 34.2 Å². The van der Waals surface area contributed by atoms with Crippen LogP contribution in [0.1, 0.15) is 27.8 Å². The summed E-state index contributed by atoms with van der Waals surface area (Å²) in [4.78, 5) is 0. The zero-order valence-electron chi connectivity index (χ0n) is 22.5. The van der Waals surface area contributed by atoms with Crippen LogP contribution in [0.15, 0.2) is 91.0 Å². The first-order valence-electron chi connectivity index (χ1n) is 13.3. The summed E-state index contributed by atoms with van der Waals surface area (Å²) in [5.41, 5.74) is 1.68. The molecule has 206 valence electrons. The van der Waals surface area contributed by atoms with Gasteiger partial charge < -0.3 is 9.13 Å². The molecule has 0 aliphatic heterocycles. The van der Waals surface area contributed by atoms with Crippen molar-refractivity contribution < 1.29 is 13.2 Å². The van der Waals surface area contributed by atoms with E-state index >= 15 is 0 Å². The number of rotatable bonds is 2. The minimum absolute atomic E-state index is 0.107. The van der Waals surface area contributed by atoms with Crippen molar-refractivity contribution in [2.24, 2.45) is 0 Å². The molecule has 0 N–H and O–H groups in total. The Bertz CT molecular complexity index is 2500. The van der Waals surface area contributed by atoms with Gasteiger partial charge in [-0.05, 0) is 48.5 Å². The topological polar surface area (TPSA) is 105 Å². The molecule has 0 bridgehead atoms. The van der Waals surface area contributed by atoms with Gasteiger partial charge in [-0.15, -0.1) is 0 Å². The van der Waals surface area contributed by atoms with E-state index in [4.69, 9.17) is 0 Å². The molecule has 5 aromatic carbocycles. The summed E-state index contributed by atoms with van der Waals surface area (Å²) in [6.45, 7) is 0. The van der Waals surface area contributed by atoms with Crippen LogP contribution in [-0.2, 0) is 6.18 Å². The van der Waals surface area contributed by atoms with E-state index in [0.29, 0.717) is 32.8 Å². The third-order valence-corrected chi connectivity index (χ3v) is 7.85. The van der Waals surface area contributed by atoms with E-state index < -0.39 is 11.7 Å². The fraction of sp³-hybridized carbons (Fsp3) is 0.0286. The van der Waals surface area contributed by atoms with Gasteiger partial charge in [0, 0.05) is 21.5 Å². The smallest absolute Gasteiger partial charge is 0.309 e. The van der Waals surface area contributed by atoms with E-state index in [1.165, 1.54) is 28.8 Å². The van der Waals surface area contributed by atoms with Crippen LogP contribution in [-0.4, -0.2) is 9.13 Å². The molecule has 0 radical (unpaired) electrons. The van der Waals surface area contributed by atoms with E-state index in [0.717, 1.165) is 16.8 Å². The van der Waals surface area contributed by atoms with Crippen molar-refractivity contribution in [2.45, 2.75) is 6.18 Å². The summed E-state index contributed by atoms with van der Waals surface area (Å²) in [5, 5.41) is 42.1. The van der Waals surface area contributed by atoms with Crippen molar-refractivity contribution in [3.05, 3.63) is 119 Å². The second kappa shape index (κ2) is 9.50. The van der Waals surface area contributed by atoms with Crippen molar-refractivity contribution >= 4 is 43.6 Å². The number of nitrogens with zero attached hydrogens (tertiary/aromatic N) is 6. The monoisotopic (exact) mass is 576 g/mol. The lowest BCUT2D eigenvalue weighted by molar-refractivity contribution is -0.137. The van der Waals surface area contributed by atoms with Gasteiger partial charge >= 0.3 is 6.18 Å². The molecule has 0 aliphatic rings. The number of benzene rings is 5. The van der Waals surface area contributed by atoms with Crippen molar-refractivity contribution in [1.82, 2.24) is 9.13 Å². The van der Waals surface area contributed by atoms with Crippen LogP contribution in [0.2, 0.25) is 0 Å². The van der Waals surface area contributed by atoms with Gasteiger partial charge in [-0.3, -0.25) is 0 Å². The molecule has 2 aromatic heterocycles. The quantitative estimate of drug-likeness (QED) is 0.206. The molecule has 7 rings (SSSR count). The molecule has 0 spiro atoms. The maximum Gasteiger partial charge on any atom is 0.418 e. The Morgan fingerprint density at radius 2 is 1.16 bits per heavy atom. The summed E-state index contributed by atoms with van der Waals surface area (Å²) >= 11 is 0. The zero-order valence-corrected chi connectivity index (χ0v) is 22.5. The molecule has 0 unspecified atom stereocenters. The Morgan fingerprint density at radius 1 is 0.545 bits per heavy atom. The Morgan fingerprint density at radius 3 is 1.77 bits per heavy atom. The van der Waals surface area contributed by atoms with Gasteiger partial charge in [0.2, 0.25) is 0 Å². The molecule has 7 aromatic rings. The molecule has 6 nitrogen and oxygen atoms in total. The van der Waals surface area contributed by atoms with Gasteiger partial charge in [-0.25, -0.2) is 0 Å². The lowest BCUT2D eigenvalue weighted by Crippen LogP contribution is -2.11. The number of para-hydroxylation sites is 2. The van der Waals surface area contributed by atoms with E-state index in [1.54, 1.807) is 34.9 Å². The predicted molar refractivity (Wildman–Crippen MR) is 159 cm³/mol. The van der Waals surface area contributed by atoms with Gasteiger partial charge in [0.05, 0.1) is 73.4 Å². The van der Waals surface area contributed by atoms with E-state index in [2.05, 4.69) is 12.1 Å². The number of nitriles is 4. The van der Waals surface area contributed by atoms with Crippen molar-refractivity contribution in [1.29, 1.82) is 21.0 Å². The first-order chi connectivity index (χ1) is 21.3. The number of hydrogen-bond donors (Lipinski definition) is 0. The lowest BCUT2D eigenvalue weighted by atomic mass is 10.0. The normalized spacial score (nSPS) is 11.4. The van der Waals surface area contributed by atoms with Crippen molar-refractivity contribution in [3.8, 4) is 35.7 Å². The molecule has 9 heteroatoms. The van der Waals surface area contributed by atoms with Gasteiger partial charge in [0.1, 0.15) is 12.1 Å². The molecular weight excluding hydrogens is 561 g/mol. The SMILES string of the molecule is N#Cc1cc(C#N)c(-n2c3ccccc3c3ccc4c(c5ccccc5n4-c4ccc(C#N)cc4C(F)(F)F)c32)c(C#N)c1. The molecule has 44 heavy (non-hydrogen) atoms. The average Bonchev–Trinajstić information content (AvgIpc) is 3.56. The number of aromatic nitrogens is 2. The summed E-state index contributed by atoms with van der Waals surface area (Å²) in [6, 6.07) is 32.5. The fourth-order valence-corrected chi connectivity index (χ4v) is 6.14. The largest absolute Gasteiger partial charge is 0.418 e. The Kier molecular flexibility index (Phi) is 5.69. The summed E-state index contributed by atoms with van der Waals surface area (Å²) in [5.74, 6) is 0. The third kappa shape index (κ3) is 3.64. The second-order valence-corrected chi connectivity index (χ2v) is 10.2. The van der Waals surface area contributed by atoms with E-state index in [9.17, 15) is 34.2 Å². The minimum atomic E-state index is -4.75. The van der Waals surface area contributed by atoms with Crippen LogP contribution in [0.25, 0.3) is 55.0 Å². The number of halogens is 3. The van der Waals surface area contributed by atoms with Crippen LogP contribution in [0.4, 0.5) is 13.2 Å². The van der Waals surface area contributed by atoms with Gasteiger partial charge in [0.15, 0.2) is 0 Å². The summed E-state index contributed by atoms with van der Waals surface area (Å²) in [7, 11) is 0. The Balaban J connectivity index is 1.75. The summed E-state index contributed by atoms with van der Waals surface area (Å²) < 4.78 is 46.7. The molecule has 0 atom stereocenters. The molecular formula is C35H15F3N6. The number of hydrogen-bond acceptors (Lipinski definition) is 4. The molecule has 0 saturated carbocycles. The van der Waals surface area contributed by atoms with Crippen LogP contribution in [0, 0.1) is 45.3 Å².